The maximum absolute atomic E-state index is 12.8. The average molecular weight is 404 g/mol. The van der Waals surface area contributed by atoms with E-state index in [2.05, 4.69) is 40.6 Å². The molecule has 30 heavy (non-hydrogen) atoms. The molecule has 2 aromatic carbocycles. The van der Waals surface area contributed by atoms with Crippen molar-refractivity contribution < 1.29 is 9.59 Å². The molecule has 0 radical (unpaired) electrons. The SMILES string of the molecule is C=CCN1C(=O)CCc2cc(C(=O)CCN3CCN(c4ccccc4)CC3)ccc21. The van der Waals surface area contributed by atoms with Crippen molar-refractivity contribution in [1.82, 2.24) is 4.90 Å². The Bertz CT molecular complexity index is 917. The number of carbonyl (C=O) groups is 2. The van der Waals surface area contributed by atoms with Crippen LogP contribution in [0.5, 0.6) is 0 Å². The van der Waals surface area contributed by atoms with Crippen LogP contribution in [0.15, 0.2) is 61.2 Å². The molecule has 0 unspecified atom stereocenters. The topological polar surface area (TPSA) is 43.9 Å². The molecule has 0 spiro atoms. The number of amides is 1. The molecule has 1 saturated heterocycles. The Morgan fingerprint density at radius 1 is 1.00 bits per heavy atom. The first-order chi connectivity index (χ1) is 14.7. The molecule has 5 heteroatoms. The molecular formula is C25H29N3O2. The van der Waals surface area contributed by atoms with E-state index in [0.717, 1.165) is 49.5 Å². The monoisotopic (exact) mass is 403 g/mol. The molecule has 2 aliphatic rings. The number of para-hydroxylation sites is 1. The van der Waals surface area contributed by atoms with Crippen molar-refractivity contribution in [3.8, 4) is 0 Å². The van der Waals surface area contributed by atoms with Gasteiger partial charge < -0.3 is 9.80 Å². The summed E-state index contributed by atoms with van der Waals surface area (Å²) < 4.78 is 0. The molecule has 5 nitrogen and oxygen atoms in total. The van der Waals surface area contributed by atoms with Crippen LogP contribution < -0.4 is 9.80 Å². The van der Waals surface area contributed by atoms with Crippen molar-refractivity contribution in [2.45, 2.75) is 19.3 Å². The zero-order chi connectivity index (χ0) is 20.9. The minimum Gasteiger partial charge on any atom is -0.369 e. The molecule has 1 fully saturated rings. The van der Waals surface area contributed by atoms with Gasteiger partial charge in [0.15, 0.2) is 5.78 Å². The molecule has 2 heterocycles. The van der Waals surface area contributed by atoms with E-state index >= 15 is 0 Å². The highest BCUT2D eigenvalue weighted by Crippen LogP contribution is 2.29. The molecule has 2 aliphatic heterocycles. The molecule has 0 aliphatic carbocycles. The molecular weight excluding hydrogens is 374 g/mol. The summed E-state index contributed by atoms with van der Waals surface area (Å²) in [5, 5.41) is 0. The lowest BCUT2D eigenvalue weighted by atomic mass is 9.96. The Labute approximate surface area is 178 Å². The van der Waals surface area contributed by atoms with Crippen molar-refractivity contribution in [2.75, 3.05) is 49.1 Å². The van der Waals surface area contributed by atoms with Gasteiger partial charge in [-0.3, -0.25) is 14.5 Å². The van der Waals surface area contributed by atoms with Crippen LogP contribution in [0.25, 0.3) is 0 Å². The van der Waals surface area contributed by atoms with Crippen LogP contribution in [0.4, 0.5) is 11.4 Å². The summed E-state index contributed by atoms with van der Waals surface area (Å²) in [6.07, 6.45) is 3.46. The molecule has 0 bridgehead atoms. The third kappa shape index (κ3) is 4.46. The zero-order valence-corrected chi connectivity index (χ0v) is 17.4. The Hall–Kier alpha value is -2.92. The summed E-state index contributed by atoms with van der Waals surface area (Å²) in [6.45, 7) is 8.98. The number of hydrogen-bond donors (Lipinski definition) is 0. The summed E-state index contributed by atoms with van der Waals surface area (Å²) in [4.78, 5) is 31.5. The van der Waals surface area contributed by atoms with Gasteiger partial charge in [-0.05, 0) is 42.3 Å². The van der Waals surface area contributed by atoms with Crippen molar-refractivity contribution in [2.24, 2.45) is 0 Å². The molecule has 1 amide bonds. The highest BCUT2D eigenvalue weighted by Gasteiger charge is 2.24. The molecule has 0 N–H and O–H groups in total. The highest BCUT2D eigenvalue weighted by atomic mass is 16.2. The number of nitrogens with zero attached hydrogens (tertiary/aromatic N) is 3. The molecule has 2 aromatic rings. The third-order valence-electron chi connectivity index (χ3n) is 6.06. The van der Waals surface area contributed by atoms with E-state index in [0.29, 0.717) is 25.8 Å². The predicted molar refractivity (Wildman–Crippen MR) is 121 cm³/mol. The number of rotatable bonds is 7. The lowest BCUT2D eigenvalue weighted by Crippen LogP contribution is -2.46. The van der Waals surface area contributed by atoms with E-state index < -0.39 is 0 Å². The molecule has 0 saturated carbocycles. The number of aryl methyl sites for hydroxylation is 1. The van der Waals surface area contributed by atoms with Gasteiger partial charge in [0, 0.05) is 69.0 Å². The summed E-state index contributed by atoms with van der Waals surface area (Å²) in [5.41, 5.74) is 4.02. The quantitative estimate of drug-likeness (QED) is 0.524. The lowest BCUT2D eigenvalue weighted by Gasteiger charge is -2.36. The first kappa shape index (κ1) is 20.4. The number of hydrogen-bond acceptors (Lipinski definition) is 4. The van der Waals surface area contributed by atoms with Crippen LogP contribution in [-0.4, -0.2) is 55.9 Å². The van der Waals surface area contributed by atoms with Crippen molar-refractivity contribution in [3.63, 3.8) is 0 Å². The lowest BCUT2D eigenvalue weighted by molar-refractivity contribution is -0.118. The minimum absolute atomic E-state index is 0.121. The molecule has 156 valence electrons. The number of fused-ring (bicyclic) bond motifs is 1. The van der Waals surface area contributed by atoms with Gasteiger partial charge in [-0.2, -0.15) is 0 Å². The number of benzene rings is 2. The van der Waals surface area contributed by atoms with Crippen LogP contribution in [0.1, 0.15) is 28.8 Å². The van der Waals surface area contributed by atoms with E-state index in [1.807, 2.05) is 24.3 Å². The van der Waals surface area contributed by atoms with E-state index in [9.17, 15) is 9.59 Å². The average Bonchev–Trinajstić information content (AvgIpc) is 2.80. The largest absolute Gasteiger partial charge is 0.369 e. The summed E-state index contributed by atoms with van der Waals surface area (Å²) in [6, 6.07) is 16.3. The van der Waals surface area contributed by atoms with Gasteiger partial charge in [-0.25, -0.2) is 0 Å². The first-order valence-electron chi connectivity index (χ1n) is 10.8. The molecule has 0 aromatic heterocycles. The Kier molecular flexibility index (Phi) is 6.29. The normalized spacial score (nSPS) is 17.0. The number of Topliss-reactive ketones (excluding diaryl/α,β-unsaturated/α-hetero) is 1. The maximum Gasteiger partial charge on any atom is 0.227 e. The van der Waals surface area contributed by atoms with E-state index in [1.54, 1.807) is 11.0 Å². The smallest absolute Gasteiger partial charge is 0.227 e. The van der Waals surface area contributed by atoms with Gasteiger partial charge in [0.05, 0.1) is 0 Å². The van der Waals surface area contributed by atoms with E-state index in [1.165, 1.54) is 5.69 Å². The van der Waals surface area contributed by atoms with Gasteiger partial charge in [-0.15, -0.1) is 6.58 Å². The van der Waals surface area contributed by atoms with Crippen LogP contribution >= 0.6 is 0 Å². The van der Waals surface area contributed by atoms with Crippen LogP contribution in [0.2, 0.25) is 0 Å². The number of carbonyl (C=O) groups excluding carboxylic acids is 2. The fourth-order valence-electron chi connectivity index (χ4n) is 4.34. The Morgan fingerprint density at radius 3 is 2.50 bits per heavy atom. The second-order valence-corrected chi connectivity index (χ2v) is 7.97. The second-order valence-electron chi connectivity index (χ2n) is 7.97. The Balaban J connectivity index is 1.32. The molecule has 4 rings (SSSR count). The number of ketones is 1. The summed E-state index contributed by atoms with van der Waals surface area (Å²) >= 11 is 0. The van der Waals surface area contributed by atoms with Gasteiger partial charge in [0.25, 0.3) is 0 Å². The van der Waals surface area contributed by atoms with Crippen LogP contribution in [0, 0.1) is 0 Å². The van der Waals surface area contributed by atoms with Crippen molar-refractivity contribution in [1.29, 1.82) is 0 Å². The number of piperazine rings is 1. The minimum atomic E-state index is 0.121. The standard InChI is InChI=1S/C25H29N3O2/c1-2-13-28-23-10-8-21(19-20(23)9-11-25(28)30)24(29)12-14-26-15-17-27(18-16-26)22-6-4-3-5-7-22/h2-8,10,19H,1,9,11-18H2. The highest BCUT2D eigenvalue weighted by molar-refractivity contribution is 6.00. The van der Waals surface area contributed by atoms with Crippen molar-refractivity contribution in [3.05, 3.63) is 72.3 Å². The van der Waals surface area contributed by atoms with Gasteiger partial charge >= 0.3 is 0 Å². The number of anilines is 2. The van der Waals surface area contributed by atoms with Crippen molar-refractivity contribution >= 4 is 23.1 Å². The fourth-order valence-corrected chi connectivity index (χ4v) is 4.34. The zero-order valence-electron chi connectivity index (χ0n) is 17.4. The van der Waals surface area contributed by atoms with Gasteiger partial charge in [0.1, 0.15) is 0 Å². The van der Waals surface area contributed by atoms with E-state index in [4.69, 9.17) is 0 Å². The Morgan fingerprint density at radius 2 is 1.77 bits per heavy atom. The summed E-state index contributed by atoms with van der Waals surface area (Å²) in [7, 11) is 0. The van der Waals surface area contributed by atoms with Gasteiger partial charge in [0.2, 0.25) is 5.91 Å². The second kappa shape index (κ2) is 9.26. The fraction of sp³-hybridized carbons (Fsp3) is 0.360. The summed E-state index contributed by atoms with van der Waals surface area (Å²) in [5.74, 6) is 0.298. The first-order valence-corrected chi connectivity index (χ1v) is 10.8. The van der Waals surface area contributed by atoms with Gasteiger partial charge in [-0.1, -0.05) is 24.3 Å². The van der Waals surface area contributed by atoms with Crippen LogP contribution in [0.3, 0.4) is 0 Å². The third-order valence-corrected chi connectivity index (χ3v) is 6.06. The molecule has 0 atom stereocenters. The predicted octanol–water partition coefficient (Wildman–Crippen LogP) is 3.55. The van der Waals surface area contributed by atoms with E-state index in [-0.39, 0.29) is 11.7 Å². The maximum atomic E-state index is 12.8. The van der Waals surface area contributed by atoms with Crippen LogP contribution in [-0.2, 0) is 11.2 Å².